The summed E-state index contributed by atoms with van der Waals surface area (Å²) in [4.78, 5) is 24.4. The van der Waals surface area contributed by atoms with Crippen LogP contribution in [0.2, 0.25) is 5.02 Å². The van der Waals surface area contributed by atoms with E-state index in [0.29, 0.717) is 11.1 Å². The van der Waals surface area contributed by atoms with Crippen LogP contribution in [-0.4, -0.2) is 24.8 Å². The Labute approximate surface area is 139 Å². The van der Waals surface area contributed by atoms with Gasteiger partial charge in [0.05, 0.1) is 4.92 Å². The molecule has 0 aliphatic carbocycles. The lowest BCUT2D eigenvalue weighted by Gasteiger charge is -2.11. The zero-order valence-electron chi connectivity index (χ0n) is 12.7. The van der Waals surface area contributed by atoms with Crippen molar-refractivity contribution >= 4 is 34.8 Å². The zero-order chi connectivity index (χ0) is 17.0. The maximum Gasteiger partial charge on any atom is 0.288 e. The van der Waals surface area contributed by atoms with E-state index in [2.05, 4.69) is 0 Å². The van der Waals surface area contributed by atoms with E-state index in [9.17, 15) is 14.9 Å². The number of hydrogen-bond acceptors (Lipinski definition) is 4. The SMILES string of the molecule is CN(C)c1ccc(C(=O)C=Cc2ccc(Cl)c([N+](=O)[O-])c2)cc1. The summed E-state index contributed by atoms with van der Waals surface area (Å²) in [5.41, 5.74) is 1.91. The number of nitrogens with zero attached hydrogens (tertiary/aromatic N) is 2. The molecule has 6 heteroatoms. The van der Waals surface area contributed by atoms with Crippen LogP contribution in [-0.2, 0) is 0 Å². The Hall–Kier alpha value is -2.66. The van der Waals surface area contributed by atoms with Crippen molar-refractivity contribution in [2.24, 2.45) is 0 Å². The molecule has 2 rings (SSSR count). The monoisotopic (exact) mass is 330 g/mol. The minimum Gasteiger partial charge on any atom is -0.378 e. The van der Waals surface area contributed by atoms with E-state index in [4.69, 9.17) is 11.6 Å². The topological polar surface area (TPSA) is 63.5 Å². The van der Waals surface area contributed by atoms with E-state index in [0.717, 1.165) is 5.69 Å². The van der Waals surface area contributed by atoms with Gasteiger partial charge in [-0.3, -0.25) is 14.9 Å². The van der Waals surface area contributed by atoms with Gasteiger partial charge in [-0.05, 0) is 42.0 Å². The number of carbonyl (C=O) groups is 1. The van der Waals surface area contributed by atoms with Gasteiger partial charge in [0.15, 0.2) is 5.78 Å². The Morgan fingerprint density at radius 2 is 1.83 bits per heavy atom. The minimum absolute atomic E-state index is 0.0674. The summed E-state index contributed by atoms with van der Waals surface area (Å²) in [5, 5.41) is 10.9. The third kappa shape index (κ3) is 4.17. The highest BCUT2D eigenvalue weighted by atomic mass is 35.5. The summed E-state index contributed by atoms with van der Waals surface area (Å²) in [6, 6.07) is 11.6. The van der Waals surface area contributed by atoms with Crippen LogP contribution in [0.1, 0.15) is 15.9 Å². The van der Waals surface area contributed by atoms with E-state index in [1.807, 2.05) is 31.1 Å². The maximum atomic E-state index is 12.1. The zero-order valence-corrected chi connectivity index (χ0v) is 13.4. The van der Waals surface area contributed by atoms with Gasteiger partial charge in [0.1, 0.15) is 5.02 Å². The van der Waals surface area contributed by atoms with Crippen LogP contribution in [0.5, 0.6) is 0 Å². The number of nitro groups is 1. The van der Waals surface area contributed by atoms with Gasteiger partial charge in [0, 0.05) is 31.4 Å². The van der Waals surface area contributed by atoms with Crippen molar-refractivity contribution in [3.8, 4) is 0 Å². The van der Waals surface area contributed by atoms with Gasteiger partial charge < -0.3 is 4.90 Å². The van der Waals surface area contributed by atoms with Crippen molar-refractivity contribution in [2.45, 2.75) is 0 Å². The average molecular weight is 331 g/mol. The number of anilines is 1. The molecular weight excluding hydrogens is 316 g/mol. The first-order valence-electron chi connectivity index (χ1n) is 6.82. The summed E-state index contributed by atoms with van der Waals surface area (Å²) >= 11 is 5.75. The van der Waals surface area contributed by atoms with Crippen molar-refractivity contribution in [2.75, 3.05) is 19.0 Å². The van der Waals surface area contributed by atoms with Crippen LogP contribution in [0.25, 0.3) is 6.08 Å². The quantitative estimate of drug-likeness (QED) is 0.356. The molecule has 23 heavy (non-hydrogen) atoms. The fraction of sp³-hybridized carbons (Fsp3) is 0.118. The molecule has 0 aliphatic rings. The highest BCUT2D eigenvalue weighted by Gasteiger charge is 2.11. The lowest BCUT2D eigenvalue weighted by molar-refractivity contribution is -0.384. The molecule has 0 unspecified atom stereocenters. The molecule has 2 aromatic carbocycles. The molecule has 0 saturated carbocycles. The summed E-state index contributed by atoms with van der Waals surface area (Å²) < 4.78 is 0. The van der Waals surface area contributed by atoms with Crippen molar-refractivity contribution < 1.29 is 9.72 Å². The van der Waals surface area contributed by atoms with E-state index in [1.165, 1.54) is 24.3 Å². The highest BCUT2D eigenvalue weighted by Crippen LogP contribution is 2.25. The van der Waals surface area contributed by atoms with Crippen LogP contribution in [0.4, 0.5) is 11.4 Å². The van der Waals surface area contributed by atoms with E-state index in [-0.39, 0.29) is 16.5 Å². The molecule has 2 aromatic rings. The second kappa shape index (κ2) is 7.07. The molecule has 0 saturated heterocycles. The van der Waals surface area contributed by atoms with Crippen LogP contribution in [0, 0.1) is 10.1 Å². The Bertz CT molecular complexity index is 768. The minimum atomic E-state index is -0.554. The van der Waals surface area contributed by atoms with Gasteiger partial charge >= 0.3 is 0 Å². The molecule has 0 aromatic heterocycles. The average Bonchev–Trinajstić information content (AvgIpc) is 2.53. The molecule has 0 atom stereocenters. The van der Waals surface area contributed by atoms with Gasteiger partial charge in [-0.15, -0.1) is 0 Å². The molecule has 118 valence electrons. The van der Waals surface area contributed by atoms with Crippen molar-refractivity contribution in [3.63, 3.8) is 0 Å². The summed E-state index contributed by atoms with van der Waals surface area (Å²) in [6.45, 7) is 0. The molecule has 0 spiro atoms. The van der Waals surface area contributed by atoms with Crippen LogP contribution in [0.15, 0.2) is 48.5 Å². The summed E-state index contributed by atoms with van der Waals surface area (Å²) in [6.07, 6.45) is 2.92. The van der Waals surface area contributed by atoms with Crippen LogP contribution < -0.4 is 4.90 Å². The molecule has 5 nitrogen and oxygen atoms in total. The second-order valence-electron chi connectivity index (χ2n) is 5.11. The van der Waals surface area contributed by atoms with Gasteiger partial charge in [-0.2, -0.15) is 0 Å². The van der Waals surface area contributed by atoms with E-state index in [1.54, 1.807) is 18.2 Å². The summed E-state index contributed by atoms with van der Waals surface area (Å²) in [7, 11) is 3.84. The highest BCUT2D eigenvalue weighted by molar-refractivity contribution is 6.32. The smallest absolute Gasteiger partial charge is 0.288 e. The third-order valence-electron chi connectivity index (χ3n) is 3.26. The molecule has 0 aliphatic heterocycles. The first-order valence-corrected chi connectivity index (χ1v) is 7.20. The Morgan fingerprint density at radius 3 is 2.39 bits per heavy atom. The number of nitro benzene ring substituents is 1. The van der Waals surface area contributed by atoms with Gasteiger partial charge in [0.25, 0.3) is 5.69 Å². The fourth-order valence-corrected chi connectivity index (χ4v) is 2.15. The van der Waals surface area contributed by atoms with Gasteiger partial charge in [-0.1, -0.05) is 23.7 Å². The number of halogens is 1. The first kappa shape index (κ1) is 16.7. The largest absolute Gasteiger partial charge is 0.378 e. The molecule has 0 bridgehead atoms. The first-order chi connectivity index (χ1) is 10.9. The standard InChI is InChI=1S/C17H15ClN2O3/c1-19(2)14-7-5-13(6-8-14)17(21)10-4-12-3-9-15(18)16(11-12)20(22)23/h3-11H,1-2H3. The molecule has 0 N–H and O–H groups in total. The van der Waals surface area contributed by atoms with E-state index < -0.39 is 4.92 Å². The lowest BCUT2D eigenvalue weighted by Crippen LogP contribution is -2.08. The number of ketones is 1. The van der Waals surface area contributed by atoms with Crippen molar-refractivity contribution in [1.82, 2.24) is 0 Å². The van der Waals surface area contributed by atoms with Gasteiger partial charge in [-0.25, -0.2) is 0 Å². The number of carbonyl (C=O) groups excluding carboxylic acids is 1. The maximum absolute atomic E-state index is 12.1. The number of benzene rings is 2. The summed E-state index contributed by atoms with van der Waals surface area (Å²) in [5.74, 6) is -0.173. The second-order valence-corrected chi connectivity index (χ2v) is 5.51. The number of hydrogen-bond donors (Lipinski definition) is 0. The number of rotatable bonds is 5. The Kier molecular flexibility index (Phi) is 5.13. The number of allylic oxidation sites excluding steroid dienone is 1. The Balaban J connectivity index is 2.18. The lowest BCUT2D eigenvalue weighted by atomic mass is 10.1. The predicted octanol–water partition coefficient (Wildman–Crippen LogP) is 4.21. The third-order valence-corrected chi connectivity index (χ3v) is 3.58. The molecule has 0 radical (unpaired) electrons. The normalized spacial score (nSPS) is 10.7. The Morgan fingerprint density at radius 1 is 1.17 bits per heavy atom. The van der Waals surface area contributed by atoms with Crippen LogP contribution >= 0.6 is 11.6 Å². The fourth-order valence-electron chi connectivity index (χ4n) is 1.97. The van der Waals surface area contributed by atoms with E-state index >= 15 is 0 Å². The molecule has 0 fully saturated rings. The van der Waals surface area contributed by atoms with Crippen molar-refractivity contribution in [3.05, 3.63) is 74.8 Å². The predicted molar refractivity (Wildman–Crippen MR) is 92.2 cm³/mol. The van der Waals surface area contributed by atoms with Crippen LogP contribution in [0.3, 0.4) is 0 Å². The van der Waals surface area contributed by atoms with Gasteiger partial charge in [0.2, 0.25) is 0 Å². The molecule has 0 amide bonds. The van der Waals surface area contributed by atoms with Crippen molar-refractivity contribution in [1.29, 1.82) is 0 Å². The molecular formula is C17H15ClN2O3. The molecule has 0 heterocycles.